The summed E-state index contributed by atoms with van der Waals surface area (Å²) in [6, 6.07) is 7.97. The standard InChI is InChI=1S/C20H21NO5/c1-11-8-13(3)16(9-12(11)2)18(22)21-17-10-14(19(23)25-4)6-7-15(17)20(24)26-5/h6-10H,1-5H3,(H,21,22). The van der Waals surface area contributed by atoms with Gasteiger partial charge in [-0.25, -0.2) is 9.59 Å². The van der Waals surface area contributed by atoms with Crippen molar-refractivity contribution < 1.29 is 23.9 Å². The minimum Gasteiger partial charge on any atom is -0.465 e. The van der Waals surface area contributed by atoms with E-state index in [1.54, 1.807) is 6.07 Å². The molecule has 0 unspecified atom stereocenters. The van der Waals surface area contributed by atoms with E-state index in [9.17, 15) is 14.4 Å². The fourth-order valence-electron chi connectivity index (χ4n) is 2.58. The monoisotopic (exact) mass is 355 g/mol. The number of anilines is 1. The van der Waals surface area contributed by atoms with Gasteiger partial charge in [-0.15, -0.1) is 0 Å². The van der Waals surface area contributed by atoms with Crippen LogP contribution in [0.1, 0.15) is 47.8 Å². The van der Waals surface area contributed by atoms with Crippen molar-refractivity contribution in [2.24, 2.45) is 0 Å². The minimum atomic E-state index is -0.617. The van der Waals surface area contributed by atoms with E-state index < -0.39 is 11.9 Å². The third-order valence-corrected chi connectivity index (χ3v) is 4.18. The number of ether oxygens (including phenoxy) is 2. The Labute approximate surface area is 152 Å². The van der Waals surface area contributed by atoms with Gasteiger partial charge in [0.25, 0.3) is 5.91 Å². The second-order valence-corrected chi connectivity index (χ2v) is 5.95. The molecular weight excluding hydrogens is 334 g/mol. The highest BCUT2D eigenvalue weighted by Gasteiger charge is 2.19. The van der Waals surface area contributed by atoms with Crippen LogP contribution in [0.15, 0.2) is 30.3 Å². The largest absolute Gasteiger partial charge is 0.465 e. The molecule has 0 radical (unpaired) electrons. The van der Waals surface area contributed by atoms with Crippen molar-refractivity contribution in [1.82, 2.24) is 0 Å². The van der Waals surface area contributed by atoms with Crippen molar-refractivity contribution in [3.63, 3.8) is 0 Å². The Balaban J connectivity index is 2.46. The van der Waals surface area contributed by atoms with E-state index in [1.807, 2.05) is 26.8 Å². The molecule has 6 nitrogen and oxygen atoms in total. The van der Waals surface area contributed by atoms with Gasteiger partial charge in [-0.1, -0.05) is 6.07 Å². The molecule has 6 heteroatoms. The topological polar surface area (TPSA) is 81.7 Å². The summed E-state index contributed by atoms with van der Waals surface area (Å²) >= 11 is 0. The number of amides is 1. The van der Waals surface area contributed by atoms with E-state index in [-0.39, 0.29) is 22.7 Å². The van der Waals surface area contributed by atoms with Crippen LogP contribution in [0.5, 0.6) is 0 Å². The van der Waals surface area contributed by atoms with Crippen molar-refractivity contribution in [2.45, 2.75) is 20.8 Å². The Bertz CT molecular complexity index is 886. The smallest absolute Gasteiger partial charge is 0.339 e. The predicted octanol–water partition coefficient (Wildman–Crippen LogP) is 3.44. The molecule has 0 spiro atoms. The number of methoxy groups -OCH3 is 2. The summed E-state index contributed by atoms with van der Waals surface area (Å²) < 4.78 is 9.43. The number of carbonyl (C=O) groups excluding carboxylic acids is 3. The Morgan fingerprint density at radius 1 is 0.769 bits per heavy atom. The third kappa shape index (κ3) is 3.91. The first kappa shape index (κ1) is 19.2. The summed E-state index contributed by atoms with van der Waals surface area (Å²) in [6.45, 7) is 5.73. The lowest BCUT2D eigenvalue weighted by Gasteiger charge is -2.13. The van der Waals surface area contributed by atoms with Crippen LogP contribution in [0, 0.1) is 20.8 Å². The first-order valence-electron chi connectivity index (χ1n) is 7.98. The molecule has 0 fully saturated rings. The number of benzene rings is 2. The molecule has 2 aromatic rings. The fourth-order valence-corrected chi connectivity index (χ4v) is 2.58. The van der Waals surface area contributed by atoms with Crippen molar-refractivity contribution in [3.05, 3.63) is 63.7 Å². The SMILES string of the molecule is COC(=O)c1ccc(C(=O)OC)c(NC(=O)c2cc(C)c(C)cc2C)c1. The highest BCUT2D eigenvalue weighted by molar-refractivity contribution is 6.09. The molecule has 2 rings (SSSR count). The maximum absolute atomic E-state index is 12.7. The number of aryl methyl sites for hydroxylation is 3. The van der Waals surface area contributed by atoms with Crippen LogP contribution in [0.2, 0.25) is 0 Å². The van der Waals surface area contributed by atoms with Crippen LogP contribution in [0.25, 0.3) is 0 Å². The lowest BCUT2D eigenvalue weighted by molar-refractivity contribution is 0.0587. The normalized spacial score (nSPS) is 10.2. The van der Waals surface area contributed by atoms with Gasteiger partial charge in [0.1, 0.15) is 0 Å². The Kier molecular flexibility index (Phi) is 5.77. The van der Waals surface area contributed by atoms with E-state index in [2.05, 4.69) is 10.1 Å². The van der Waals surface area contributed by atoms with Crippen molar-refractivity contribution in [3.8, 4) is 0 Å². The summed E-state index contributed by atoms with van der Waals surface area (Å²) in [6.07, 6.45) is 0. The molecule has 0 bridgehead atoms. The van der Waals surface area contributed by atoms with Crippen LogP contribution in [-0.4, -0.2) is 32.1 Å². The van der Waals surface area contributed by atoms with Crippen LogP contribution in [-0.2, 0) is 9.47 Å². The maximum atomic E-state index is 12.7. The summed E-state index contributed by atoms with van der Waals surface area (Å²) in [7, 11) is 2.50. The third-order valence-electron chi connectivity index (χ3n) is 4.18. The summed E-state index contributed by atoms with van der Waals surface area (Å²) in [4.78, 5) is 36.5. The number of hydrogen-bond donors (Lipinski definition) is 1. The van der Waals surface area contributed by atoms with Crippen molar-refractivity contribution in [1.29, 1.82) is 0 Å². The molecule has 0 saturated carbocycles. The van der Waals surface area contributed by atoms with E-state index in [0.717, 1.165) is 16.7 Å². The summed E-state index contributed by atoms with van der Waals surface area (Å²) in [5.41, 5.74) is 3.92. The van der Waals surface area contributed by atoms with Gasteiger partial charge < -0.3 is 14.8 Å². The van der Waals surface area contributed by atoms with Gasteiger partial charge in [0.2, 0.25) is 0 Å². The average molecular weight is 355 g/mol. The number of nitrogens with one attached hydrogen (secondary N) is 1. The molecule has 26 heavy (non-hydrogen) atoms. The van der Waals surface area contributed by atoms with Gasteiger partial charge in [-0.05, 0) is 61.7 Å². The Morgan fingerprint density at radius 2 is 1.38 bits per heavy atom. The highest BCUT2D eigenvalue weighted by atomic mass is 16.5. The zero-order chi connectivity index (χ0) is 19.4. The molecule has 1 amide bonds. The quantitative estimate of drug-likeness (QED) is 0.850. The first-order valence-corrected chi connectivity index (χ1v) is 7.98. The van der Waals surface area contributed by atoms with E-state index in [0.29, 0.717) is 5.56 Å². The van der Waals surface area contributed by atoms with Crippen LogP contribution in [0.3, 0.4) is 0 Å². The van der Waals surface area contributed by atoms with Gasteiger partial charge >= 0.3 is 11.9 Å². The van der Waals surface area contributed by atoms with E-state index in [4.69, 9.17) is 4.74 Å². The minimum absolute atomic E-state index is 0.148. The zero-order valence-corrected chi connectivity index (χ0v) is 15.4. The fraction of sp³-hybridized carbons (Fsp3) is 0.250. The van der Waals surface area contributed by atoms with Crippen LogP contribution < -0.4 is 5.32 Å². The molecule has 0 saturated heterocycles. The molecule has 2 aromatic carbocycles. The lowest BCUT2D eigenvalue weighted by atomic mass is 10.00. The maximum Gasteiger partial charge on any atom is 0.339 e. The molecule has 0 aliphatic rings. The molecule has 0 aliphatic heterocycles. The van der Waals surface area contributed by atoms with Crippen molar-refractivity contribution >= 4 is 23.5 Å². The first-order chi connectivity index (χ1) is 12.3. The van der Waals surface area contributed by atoms with E-state index >= 15 is 0 Å². The second kappa shape index (κ2) is 7.82. The van der Waals surface area contributed by atoms with Crippen LogP contribution >= 0.6 is 0 Å². The number of rotatable bonds is 4. The lowest BCUT2D eigenvalue weighted by Crippen LogP contribution is -2.17. The van der Waals surface area contributed by atoms with Gasteiger partial charge in [0.15, 0.2) is 0 Å². The van der Waals surface area contributed by atoms with Gasteiger partial charge in [0.05, 0.1) is 31.0 Å². The molecule has 0 atom stereocenters. The second-order valence-electron chi connectivity index (χ2n) is 5.95. The highest BCUT2D eigenvalue weighted by Crippen LogP contribution is 2.22. The Hall–Kier alpha value is -3.15. The van der Waals surface area contributed by atoms with Crippen LogP contribution in [0.4, 0.5) is 5.69 Å². The molecule has 136 valence electrons. The Morgan fingerprint density at radius 3 is 2.00 bits per heavy atom. The summed E-state index contributed by atoms with van der Waals surface area (Å²) in [5.74, 6) is -1.56. The van der Waals surface area contributed by atoms with Crippen molar-refractivity contribution in [2.75, 3.05) is 19.5 Å². The van der Waals surface area contributed by atoms with Gasteiger partial charge in [-0.3, -0.25) is 4.79 Å². The number of hydrogen-bond acceptors (Lipinski definition) is 5. The zero-order valence-electron chi connectivity index (χ0n) is 15.4. The molecular formula is C20H21NO5. The average Bonchev–Trinajstić information content (AvgIpc) is 2.63. The number of carbonyl (C=O) groups is 3. The van der Waals surface area contributed by atoms with Gasteiger partial charge in [-0.2, -0.15) is 0 Å². The van der Waals surface area contributed by atoms with Gasteiger partial charge in [0, 0.05) is 5.56 Å². The summed E-state index contributed by atoms with van der Waals surface area (Å²) in [5, 5.41) is 2.70. The molecule has 0 heterocycles. The molecule has 1 N–H and O–H groups in total. The predicted molar refractivity (Wildman–Crippen MR) is 97.7 cm³/mol. The number of esters is 2. The molecule has 0 aliphatic carbocycles. The molecule has 0 aromatic heterocycles. The van der Waals surface area contributed by atoms with E-state index in [1.165, 1.54) is 32.4 Å².